The van der Waals surface area contributed by atoms with Gasteiger partial charge >= 0.3 is 0 Å². The Labute approximate surface area is 77.7 Å². The molecule has 2 unspecified atom stereocenters. The van der Waals surface area contributed by atoms with Crippen LogP contribution in [0.25, 0.3) is 0 Å². The van der Waals surface area contributed by atoms with Gasteiger partial charge in [0.05, 0.1) is 0 Å². The van der Waals surface area contributed by atoms with E-state index < -0.39 is 0 Å². The largest absolute Gasteiger partial charge is 0.382 e. The summed E-state index contributed by atoms with van der Waals surface area (Å²) in [7, 11) is 0. The fraction of sp³-hybridized carbons (Fsp3) is 0.700. The number of hydrogen-bond acceptors (Lipinski definition) is 2. The fourth-order valence-electron chi connectivity index (χ4n) is 3.00. The van der Waals surface area contributed by atoms with E-state index >= 15 is 0 Å². The van der Waals surface area contributed by atoms with E-state index in [1.807, 2.05) is 0 Å². The summed E-state index contributed by atoms with van der Waals surface area (Å²) < 4.78 is 0. The van der Waals surface area contributed by atoms with Crippen molar-refractivity contribution in [2.24, 2.45) is 11.8 Å². The molecule has 0 amide bonds. The monoisotopic (exact) mass is 177 g/mol. The van der Waals surface area contributed by atoms with Gasteiger partial charge in [0.2, 0.25) is 0 Å². The molecule has 1 aromatic rings. The van der Waals surface area contributed by atoms with Crippen LogP contribution in [0.15, 0.2) is 0 Å². The number of nitrogens with zero attached hydrogens (tertiary/aromatic N) is 1. The highest BCUT2D eigenvalue weighted by Gasteiger charge is 2.54. The lowest BCUT2D eigenvalue weighted by Crippen LogP contribution is -1.91. The van der Waals surface area contributed by atoms with Gasteiger partial charge in [0, 0.05) is 17.2 Å². The molecule has 2 atom stereocenters. The molecule has 0 aromatic carbocycles. The molecule has 13 heavy (non-hydrogen) atoms. The zero-order chi connectivity index (χ0) is 9.00. The van der Waals surface area contributed by atoms with Gasteiger partial charge in [0.25, 0.3) is 0 Å². The number of nitrogen functional groups attached to an aromatic ring is 1. The van der Waals surface area contributed by atoms with E-state index in [1.165, 1.54) is 30.5 Å². The fourth-order valence-corrected chi connectivity index (χ4v) is 3.00. The van der Waals surface area contributed by atoms with E-state index in [-0.39, 0.29) is 0 Å². The third kappa shape index (κ3) is 0.872. The summed E-state index contributed by atoms with van der Waals surface area (Å²) in [4.78, 5) is 0. The molecule has 0 saturated heterocycles. The lowest BCUT2D eigenvalue weighted by Gasteiger charge is -2.00. The molecule has 0 radical (unpaired) electrons. The van der Waals surface area contributed by atoms with Gasteiger partial charge in [0.1, 0.15) is 5.82 Å². The van der Waals surface area contributed by atoms with Crippen molar-refractivity contribution in [1.82, 2.24) is 10.2 Å². The minimum atomic E-state index is 0.681. The van der Waals surface area contributed by atoms with Crippen LogP contribution in [0.4, 0.5) is 5.82 Å². The van der Waals surface area contributed by atoms with E-state index in [0.717, 1.165) is 17.8 Å². The van der Waals surface area contributed by atoms with Crippen LogP contribution in [0.2, 0.25) is 0 Å². The first-order valence-electron chi connectivity index (χ1n) is 5.09. The molecule has 3 N–H and O–H groups in total. The van der Waals surface area contributed by atoms with Gasteiger partial charge in [-0.15, -0.1) is 0 Å². The number of hydrogen-bond donors (Lipinski definition) is 2. The topological polar surface area (TPSA) is 54.7 Å². The van der Waals surface area contributed by atoms with E-state index in [0.29, 0.717) is 5.82 Å². The second-order valence-electron chi connectivity index (χ2n) is 4.43. The number of fused-ring (bicyclic) bond motifs is 1. The smallest absolute Gasteiger partial charge is 0.148 e. The summed E-state index contributed by atoms with van der Waals surface area (Å²) in [6.45, 7) is 2.07. The van der Waals surface area contributed by atoms with Crippen LogP contribution >= 0.6 is 0 Å². The standard InChI is InChI=1S/C10H15N3/c1-5-9(12-13-10(5)11)8-6-3-2-4-7(6)8/h6-8H,2-4H2,1H3,(H3,11,12,13). The Bertz CT molecular complexity index is 332. The Kier molecular flexibility index (Phi) is 1.30. The molecule has 1 aromatic heterocycles. The molecule has 2 aliphatic rings. The molecule has 3 nitrogen and oxygen atoms in total. The predicted molar refractivity (Wildman–Crippen MR) is 51.3 cm³/mol. The van der Waals surface area contributed by atoms with Crippen molar-refractivity contribution in [2.75, 3.05) is 5.73 Å². The zero-order valence-electron chi connectivity index (χ0n) is 7.88. The Balaban J connectivity index is 1.91. The molecule has 3 heteroatoms. The SMILES string of the molecule is Cc1c(N)n[nH]c1C1C2CCCC21. The number of nitrogens with two attached hydrogens (primary N) is 1. The van der Waals surface area contributed by atoms with Crippen molar-refractivity contribution < 1.29 is 0 Å². The lowest BCUT2D eigenvalue weighted by atomic mass is 10.1. The molecule has 70 valence electrons. The maximum absolute atomic E-state index is 5.71. The van der Waals surface area contributed by atoms with E-state index in [9.17, 15) is 0 Å². The molecule has 0 spiro atoms. The third-order valence-electron chi connectivity index (χ3n) is 3.82. The molecule has 0 aliphatic heterocycles. The van der Waals surface area contributed by atoms with Crippen LogP contribution in [-0.4, -0.2) is 10.2 Å². The second kappa shape index (κ2) is 2.28. The van der Waals surface area contributed by atoms with Crippen molar-refractivity contribution in [1.29, 1.82) is 0 Å². The van der Waals surface area contributed by atoms with Crippen molar-refractivity contribution >= 4 is 5.82 Å². The predicted octanol–water partition coefficient (Wildman–Crippen LogP) is 1.81. The van der Waals surface area contributed by atoms with Crippen molar-refractivity contribution in [3.8, 4) is 0 Å². The van der Waals surface area contributed by atoms with Gasteiger partial charge in [-0.2, -0.15) is 5.10 Å². The maximum atomic E-state index is 5.71. The summed E-state index contributed by atoms with van der Waals surface area (Å²) in [6, 6.07) is 0. The maximum Gasteiger partial charge on any atom is 0.148 e. The number of aromatic amines is 1. The number of rotatable bonds is 1. The minimum Gasteiger partial charge on any atom is -0.382 e. The van der Waals surface area contributed by atoms with Crippen LogP contribution in [0.3, 0.4) is 0 Å². The number of nitrogens with one attached hydrogen (secondary N) is 1. The first-order chi connectivity index (χ1) is 6.29. The minimum absolute atomic E-state index is 0.681. The number of anilines is 1. The Morgan fingerprint density at radius 2 is 2.08 bits per heavy atom. The highest BCUT2D eigenvalue weighted by atomic mass is 15.2. The van der Waals surface area contributed by atoms with E-state index in [1.54, 1.807) is 0 Å². The van der Waals surface area contributed by atoms with Gasteiger partial charge in [-0.3, -0.25) is 5.10 Å². The average Bonchev–Trinajstić information content (AvgIpc) is 2.49. The summed E-state index contributed by atoms with van der Waals surface area (Å²) in [5.74, 6) is 3.33. The zero-order valence-corrected chi connectivity index (χ0v) is 7.88. The second-order valence-corrected chi connectivity index (χ2v) is 4.43. The normalized spacial score (nSPS) is 36.2. The highest BCUT2D eigenvalue weighted by Crippen LogP contribution is 2.63. The van der Waals surface area contributed by atoms with E-state index in [4.69, 9.17) is 5.73 Å². The lowest BCUT2D eigenvalue weighted by molar-refractivity contribution is 0.668. The summed E-state index contributed by atoms with van der Waals surface area (Å²) in [5.41, 5.74) is 8.21. The molecule has 2 aliphatic carbocycles. The average molecular weight is 177 g/mol. The molecular formula is C10H15N3. The van der Waals surface area contributed by atoms with Gasteiger partial charge in [-0.25, -0.2) is 0 Å². The summed E-state index contributed by atoms with van der Waals surface area (Å²) in [5, 5.41) is 7.15. The molecule has 2 saturated carbocycles. The van der Waals surface area contributed by atoms with Crippen molar-refractivity contribution in [3.05, 3.63) is 11.3 Å². The summed E-state index contributed by atoms with van der Waals surface area (Å²) in [6.07, 6.45) is 4.25. The molecule has 0 bridgehead atoms. The van der Waals surface area contributed by atoms with Crippen LogP contribution in [0.5, 0.6) is 0 Å². The number of H-pyrrole nitrogens is 1. The quantitative estimate of drug-likeness (QED) is 0.687. The Morgan fingerprint density at radius 3 is 2.62 bits per heavy atom. The van der Waals surface area contributed by atoms with Crippen LogP contribution in [-0.2, 0) is 0 Å². The van der Waals surface area contributed by atoms with Gasteiger partial charge in [0.15, 0.2) is 0 Å². The molecule has 1 heterocycles. The highest BCUT2D eigenvalue weighted by molar-refractivity contribution is 5.44. The molecule has 2 fully saturated rings. The third-order valence-corrected chi connectivity index (χ3v) is 3.82. The summed E-state index contributed by atoms with van der Waals surface area (Å²) >= 11 is 0. The van der Waals surface area contributed by atoms with Crippen LogP contribution in [0, 0.1) is 18.8 Å². The van der Waals surface area contributed by atoms with Gasteiger partial charge < -0.3 is 5.73 Å². The van der Waals surface area contributed by atoms with Gasteiger partial charge in [-0.05, 0) is 31.6 Å². The molecular weight excluding hydrogens is 162 g/mol. The molecule has 3 rings (SSSR count). The van der Waals surface area contributed by atoms with Crippen LogP contribution in [0.1, 0.15) is 36.4 Å². The van der Waals surface area contributed by atoms with E-state index in [2.05, 4.69) is 17.1 Å². The number of aromatic nitrogens is 2. The van der Waals surface area contributed by atoms with Gasteiger partial charge in [-0.1, -0.05) is 6.42 Å². The van der Waals surface area contributed by atoms with Crippen molar-refractivity contribution in [2.45, 2.75) is 32.1 Å². The first kappa shape index (κ1) is 7.42. The first-order valence-corrected chi connectivity index (χ1v) is 5.09. The Morgan fingerprint density at radius 1 is 1.38 bits per heavy atom. The Hall–Kier alpha value is -0.990. The van der Waals surface area contributed by atoms with Crippen molar-refractivity contribution in [3.63, 3.8) is 0 Å². The van der Waals surface area contributed by atoms with Crippen LogP contribution < -0.4 is 5.73 Å².